The first-order chi connectivity index (χ1) is 12.6. The van der Waals surface area contributed by atoms with Crippen molar-refractivity contribution in [1.29, 1.82) is 0 Å². The first kappa shape index (κ1) is 19.6. The van der Waals surface area contributed by atoms with Gasteiger partial charge in [0, 0.05) is 16.1 Å². The summed E-state index contributed by atoms with van der Waals surface area (Å²) in [4.78, 5) is 12.3. The molecule has 2 rings (SSSR count). The van der Waals surface area contributed by atoms with E-state index in [1.54, 1.807) is 36.4 Å². The van der Waals surface area contributed by atoms with Crippen molar-refractivity contribution in [2.24, 2.45) is 5.10 Å². The van der Waals surface area contributed by atoms with Gasteiger partial charge in [0.2, 0.25) is 0 Å². The highest BCUT2D eigenvalue weighted by molar-refractivity contribution is 6.30. The number of halogens is 1. The molecule has 2 aromatic rings. The van der Waals surface area contributed by atoms with Crippen LogP contribution in [0.2, 0.25) is 5.02 Å². The largest absolute Gasteiger partial charge is 0.493 e. The maximum Gasteiger partial charge on any atom is 0.271 e. The van der Waals surface area contributed by atoms with E-state index in [0.29, 0.717) is 46.6 Å². The van der Waals surface area contributed by atoms with Crippen LogP contribution in [0.3, 0.4) is 0 Å². The second kappa shape index (κ2) is 9.68. The molecule has 0 fully saturated rings. The summed E-state index contributed by atoms with van der Waals surface area (Å²) in [6, 6.07) is 10.1. The van der Waals surface area contributed by atoms with Gasteiger partial charge in [-0.3, -0.25) is 4.79 Å². The Kier molecular flexibility index (Phi) is 7.29. The maximum atomic E-state index is 12.3. The summed E-state index contributed by atoms with van der Waals surface area (Å²) >= 11 is 6.00. The summed E-state index contributed by atoms with van der Waals surface area (Å²) in [5, 5.41) is 4.53. The zero-order valence-electron chi connectivity index (χ0n) is 14.9. The zero-order valence-corrected chi connectivity index (χ0v) is 15.7. The SMILES string of the molecule is CCOc1ccc(Cl)cc1/C=N/NC(=O)c1ccc(OCC)c(OC)c1. The number of carbonyl (C=O) groups excluding carboxylic acids is 1. The predicted molar refractivity (Wildman–Crippen MR) is 102 cm³/mol. The molecular weight excluding hydrogens is 356 g/mol. The normalized spacial score (nSPS) is 10.6. The van der Waals surface area contributed by atoms with E-state index < -0.39 is 0 Å². The number of amides is 1. The van der Waals surface area contributed by atoms with Crippen molar-refractivity contribution in [3.05, 3.63) is 52.5 Å². The number of methoxy groups -OCH3 is 1. The molecule has 138 valence electrons. The van der Waals surface area contributed by atoms with E-state index in [0.717, 1.165) is 0 Å². The molecule has 6 nitrogen and oxygen atoms in total. The molecule has 0 spiro atoms. The molecule has 7 heteroatoms. The van der Waals surface area contributed by atoms with Gasteiger partial charge >= 0.3 is 0 Å². The minimum absolute atomic E-state index is 0.373. The van der Waals surface area contributed by atoms with E-state index >= 15 is 0 Å². The van der Waals surface area contributed by atoms with Gasteiger partial charge < -0.3 is 14.2 Å². The van der Waals surface area contributed by atoms with Gasteiger partial charge in [-0.05, 0) is 50.2 Å². The van der Waals surface area contributed by atoms with Crippen LogP contribution in [0, 0.1) is 0 Å². The van der Waals surface area contributed by atoms with Crippen molar-refractivity contribution in [3.8, 4) is 17.2 Å². The van der Waals surface area contributed by atoms with Crippen molar-refractivity contribution in [1.82, 2.24) is 5.43 Å². The zero-order chi connectivity index (χ0) is 18.9. The number of hydrazone groups is 1. The summed E-state index contributed by atoms with van der Waals surface area (Å²) in [6.45, 7) is 4.78. The van der Waals surface area contributed by atoms with E-state index in [2.05, 4.69) is 10.5 Å². The van der Waals surface area contributed by atoms with E-state index in [1.807, 2.05) is 13.8 Å². The molecule has 0 aliphatic carbocycles. The Labute approximate surface area is 157 Å². The van der Waals surface area contributed by atoms with Crippen LogP contribution in [-0.2, 0) is 0 Å². The fraction of sp³-hybridized carbons (Fsp3) is 0.263. The summed E-state index contributed by atoms with van der Waals surface area (Å²) in [5.74, 6) is 1.33. The molecule has 0 aliphatic heterocycles. The average Bonchev–Trinajstić information content (AvgIpc) is 2.64. The molecule has 0 aliphatic rings. The molecule has 0 aromatic heterocycles. The van der Waals surface area contributed by atoms with Crippen LogP contribution >= 0.6 is 11.6 Å². The lowest BCUT2D eigenvalue weighted by Crippen LogP contribution is -2.17. The van der Waals surface area contributed by atoms with E-state index in [4.69, 9.17) is 25.8 Å². The van der Waals surface area contributed by atoms with Crippen molar-refractivity contribution in [2.45, 2.75) is 13.8 Å². The highest BCUT2D eigenvalue weighted by atomic mass is 35.5. The molecule has 0 bridgehead atoms. The van der Waals surface area contributed by atoms with E-state index in [-0.39, 0.29) is 5.91 Å². The summed E-state index contributed by atoms with van der Waals surface area (Å²) < 4.78 is 16.2. The second-order valence-electron chi connectivity index (χ2n) is 5.11. The van der Waals surface area contributed by atoms with Gasteiger partial charge in [-0.25, -0.2) is 5.43 Å². The highest BCUT2D eigenvalue weighted by Crippen LogP contribution is 2.28. The predicted octanol–water partition coefficient (Wildman–Crippen LogP) is 3.91. The van der Waals surface area contributed by atoms with Gasteiger partial charge in [-0.15, -0.1) is 0 Å². The third kappa shape index (κ3) is 5.13. The number of carbonyl (C=O) groups is 1. The lowest BCUT2D eigenvalue weighted by molar-refractivity contribution is 0.0954. The fourth-order valence-corrected chi connectivity index (χ4v) is 2.40. The van der Waals surface area contributed by atoms with E-state index in [1.165, 1.54) is 13.3 Å². The molecule has 0 saturated heterocycles. The first-order valence-electron chi connectivity index (χ1n) is 8.15. The number of nitrogens with one attached hydrogen (secondary N) is 1. The van der Waals surface area contributed by atoms with Gasteiger partial charge in [0.05, 0.1) is 26.5 Å². The highest BCUT2D eigenvalue weighted by Gasteiger charge is 2.10. The molecule has 26 heavy (non-hydrogen) atoms. The topological polar surface area (TPSA) is 69.2 Å². The number of rotatable bonds is 8. The van der Waals surface area contributed by atoms with Gasteiger partial charge in [-0.1, -0.05) is 11.6 Å². The third-order valence-corrected chi connectivity index (χ3v) is 3.60. The lowest BCUT2D eigenvalue weighted by Gasteiger charge is -2.10. The number of hydrogen-bond donors (Lipinski definition) is 1. The van der Waals surface area contributed by atoms with Crippen LogP contribution in [0.25, 0.3) is 0 Å². The molecule has 0 saturated carbocycles. The summed E-state index contributed by atoms with van der Waals surface area (Å²) in [7, 11) is 1.52. The molecule has 0 unspecified atom stereocenters. The molecule has 0 atom stereocenters. The van der Waals surface area contributed by atoms with Gasteiger partial charge in [-0.2, -0.15) is 5.10 Å². The van der Waals surface area contributed by atoms with Crippen LogP contribution in [0.5, 0.6) is 17.2 Å². The lowest BCUT2D eigenvalue weighted by atomic mass is 10.2. The average molecular weight is 377 g/mol. The Morgan fingerprint density at radius 2 is 1.77 bits per heavy atom. The molecule has 0 heterocycles. The van der Waals surface area contributed by atoms with Gasteiger partial charge in [0.1, 0.15) is 5.75 Å². The molecule has 1 amide bonds. The Morgan fingerprint density at radius 3 is 2.46 bits per heavy atom. The number of benzene rings is 2. The number of ether oxygens (including phenoxy) is 3. The minimum atomic E-state index is -0.373. The van der Waals surface area contributed by atoms with Gasteiger partial charge in [0.25, 0.3) is 5.91 Å². The van der Waals surface area contributed by atoms with E-state index in [9.17, 15) is 4.79 Å². The van der Waals surface area contributed by atoms with Crippen LogP contribution in [0.1, 0.15) is 29.8 Å². The Balaban J connectivity index is 2.11. The first-order valence-corrected chi connectivity index (χ1v) is 8.53. The third-order valence-electron chi connectivity index (χ3n) is 3.37. The quantitative estimate of drug-likeness (QED) is 0.560. The van der Waals surface area contributed by atoms with Crippen LogP contribution < -0.4 is 19.6 Å². The monoisotopic (exact) mass is 376 g/mol. The molecule has 2 aromatic carbocycles. The van der Waals surface area contributed by atoms with Crippen LogP contribution in [-0.4, -0.2) is 32.4 Å². The van der Waals surface area contributed by atoms with Crippen molar-refractivity contribution in [3.63, 3.8) is 0 Å². The van der Waals surface area contributed by atoms with Crippen molar-refractivity contribution in [2.75, 3.05) is 20.3 Å². The maximum absolute atomic E-state index is 12.3. The Morgan fingerprint density at radius 1 is 1.08 bits per heavy atom. The van der Waals surface area contributed by atoms with Crippen LogP contribution in [0.4, 0.5) is 0 Å². The number of hydrogen-bond acceptors (Lipinski definition) is 5. The smallest absolute Gasteiger partial charge is 0.271 e. The second-order valence-corrected chi connectivity index (χ2v) is 5.55. The minimum Gasteiger partial charge on any atom is -0.493 e. The molecule has 1 N–H and O–H groups in total. The Bertz CT molecular complexity index is 793. The van der Waals surface area contributed by atoms with Crippen molar-refractivity contribution < 1.29 is 19.0 Å². The summed E-state index contributed by atoms with van der Waals surface area (Å²) in [6.07, 6.45) is 1.49. The molecular formula is C19H21ClN2O4. The van der Waals surface area contributed by atoms with Gasteiger partial charge in [0.15, 0.2) is 11.5 Å². The summed E-state index contributed by atoms with van der Waals surface area (Å²) in [5.41, 5.74) is 3.55. The molecule has 0 radical (unpaired) electrons. The number of nitrogens with zero attached hydrogens (tertiary/aromatic N) is 1. The Hall–Kier alpha value is -2.73. The standard InChI is InChI=1S/C19H21ClN2O4/c1-4-25-16-9-7-15(20)10-14(16)12-21-22-19(23)13-6-8-17(26-5-2)18(11-13)24-3/h6-12H,4-5H2,1-3H3,(H,22,23)/b21-12+. The fourth-order valence-electron chi connectivity index (χ4n) is 2.22. The van der Waals surface area contributed by atoms with Crippen LogP contribution in [0.15, 0.2) is 41.5 Å². The van der Waals surface area contributed by atoms with Crippen molar-refractivity contribution >= 4 is 23.7 Å².